The minimum Gasteiger partial charge on any atom is -0.395 e. The van der Waals surface area contributed by atoms with Gasteiger partial charge in [-0.1, -0.05) is 0 Å². The highest BCUT2D eigenvalue weighted by atomic mass is 16.6. The van der Waals surface area contributed by atoms with Gasteiger partial charge in [0.15, 0.2) is 0 Å². The zero-order chi connectivity index (χ0) is 13.3. The summed E-state index contributed by atoms with van der Waals surface area (Å²) >= 11 is 0. The highest BCUT2D eigenvalue weighted by Crippen LogP contribution is 2.36. The topological polar surface area (TPSA) is 81.3 Å². The lowest BCUT2D eigenvalue weighted by Crippen LogP contribution is -2.55. The largest absolute Gasteiger partial charge is 0.395 e. The number of rotatable bonds is 10. The Kier molecular flexibility index (Phi) is 4.07. The standard InChI is InChI=1S/C13H23NO5/c15-2-1-14(5-12-8-19-12)13(9-16,3-10-6-17-10)4-11-7-18-11/h10-12,15-16H,1-9H2. The molecular formula is C13H23NO5. The van der Waals surface area contributed by atoms with Crippen molar-refractivity contribution < 1.29 is 24.4 Å². The fraction of sp³-hybridized carbons (Fsp3) is 1.00. The fourth-order valence-electron chi connectivity index (χ4n) is 2.85. The van der Waals surface area contributed by atoms with Crippen LogP contribution >= 0.6 is 0 Å². The number of ether oxygens (including phenoxy) is 3. The van der Waals surface area contributed by atoms with Gasteiger partial charge >= 0.3 is 0 Å². The van der Waals surface area contributed by atoms with Crippen molar-refractivity contribution in [1.82, 2.24) is 4.90 Å². The lowest BCUT2D eigenvalue weighted by molar-refractivity contribution is -0.00798. The maximum absolute atomic E-state index is 9.98. The third-order valence-corrected chi connectivity index (χ3v) is 4.18. The molecule has 0 saturated carbocycles. The Labute approximate surface area is 113 Å². The molecule has 3 rings (SSSR count). The highest BCUT2D eigenvalue weighted by Gasteiger charge is 2.47. The van der Waals surface area contributed by atoms with Crippen LogP contribution in [0.3, 0.4) is 0 Å². The predicted octanol–water partition coefficient (Wildman–Crippen LogP) is -1.01. The second-order valence-electron chi connectivity index (χ2n) is 5.83. The summed E-state index contributed by atoms with van der Waals surface area (Å²) in [7, 11) is 0. The van der Waals surface area contributed by atoms with Crippen LogP contribution in [-0.4, -0.2) is 85.1 Å². The Morgan fingerprint density at radius 1 is 0.947 bits per heavy atom. The smallest absolute Gasteiger partial charge is 0.0936 e. The van der Waals surface area contributed by atoms with Gasteiger partial charge in [0.25, 0.3) is 0 Å². The molecule has 19 heavy (non-hydrogen) atoms. The number of β-amino-alcohol motifs (C(OH)–C–C–N with tert-alkyl or cyclic N) is 1. The van der Waals surface area contributed by atoms with Gasteiger partial charge in [0, 0.05) is 18.6 Å². The first-order valence-corrected chi connectivity index (χ1v) is 7.07. The summed E-state index contributed by atoms with van der Waals surface area (Å²) in [5, 5.41) is 19.3. The summed E-state index contributed by atoms with van der Waals surface area (Å²) in [5.74, 6) is 0. The van der Waals surface area contributed by atoms with E-state index in [2.05, 4.69) is 4.90 Å². The van der Waals surface area contributed by atoms with Crippen molar-refractivity contribution in [1.29, 1.82) is 0 Å². The minimum absolute atomic E-state index is 0.0689. The number of epoxide rings is 3. The molecule has 3 unspecified atom stereocenters. The maximum Gasteiger partial charge on any atom is 0.0936 e. The van der Waals surface area contributed by atoms with Gasteiger partial charge in [0.05, 0.1) is 51.3 Å². The van der Waals surface area contributed by atoms with Crippen molar-refractivity contribution >= 4 is 0 Å². The lowest BCUT2D eigenvalue weighted by atomic mass is 9.86. The van der Waals surface area contributed by atoms with Crippen LogP contribution < -0.4 is 0 Å². The van der Waals surface area contributed by atoms with Crippen molar-refractivity contribution in [2.24, 2.45) is 0 Å². The van der Waals surface area contributed by atoms with Gasteiger partial charge in [-0.25, -0.2) is 0 Å². The Balaban J connectivity index is 1.70. The van der Waals surface area contributed by atoms with Crippen LogP contribution in [0.5, 0.6) is 0 Å². The van der Waals surface area contributed by atoms with Crippen molar-refractivity contribution in [3.63, 3.8) is 0 Å². The Hall–Kier alpha value is -0.240. The molecule has 3 fully saturated rings. The van der Waals surface area contributed by atoms with Crippen LogP contribution in [0.25, 0.3) is 0 Å². The maximum atomic E-state index is 9.98. The quantitative estimate of drug-likeness (QED) is 0.496. The molecule has 3 saturated heterocycles. The molecule has 110 valence electrons. The van der Waals surface area contributed by atoms with Crippen molar-refractivity contribution in [3.05, 3.63) is 0 Å². The van der Waals surface area contributed by atoms with E-state index in [0.29, 0.717) is 6.54 Å². The van der Waals surface area contributed by atoms with Gasteiger partial charge in [-0.2, -0.15) is 0 Å². The Morgan fingerprint density at radius 3 is 1.84 bits per heavy atom. The van der Waals surface area contributed by atoms with Crippen LogP contribution in [-0.2, 0) is 14.2 Å². The summed E-state index contributed by atoms with van der Waals surface area (Å²) in [6.07, 6.45) is 2.34. The van der Waals surface area contributed by atoms with Gasteiger partial charge in [0.2, 0.25) is 0 Å². The number of aliphatic hydroxyl groups excluding tert-OH is 2. The van der Waals surface area contributed by atoms with Crippen molar-refractivity contribution in [2.45, 2.75) is 36.7 Å². The molecule has 6 heteroatoms. The van der Waals surface area contributed by atoms with E-state index in [9.17, 15) is 10.2 Å². The average Bonchev–Trinajstić information content (AvgIpc) is 3.24. The van der Waals surface area contributed by atoms with E-state index in [1.807, 2.05) is 0 Å². The first-order valence-electron chi connectivity index (χ1n) is 7.07. The van der Waals surface area contributed by atoms with Crippen LogP contribution in [0.1, 0.15) is 12.8 Å². The molecule has 6 nitrogen and oxygen atoms in total. The SMILES string of the molecule is OCCN(CC1CO1)C(CO)(CC1CO1)CC1CO1. The summed E-state index contributed by atoms with van der Waals surface area (Å²) in [4.78, 5) is 2.17. The van der Waals surface area contributed by atoms with Crippen LogP contribution in [0.15, 0.2) is 0 Å². The highest BCUT2D eigenvalue weighted by molar-refractivity contribution is 5.00. The molecular weight excluding hydrogens is 250 g/mol. The second kappa shape index (κ2) is 5.63. The second-order valence-corrected chi connectivity index (χ2v) is 5.83. The summed E-state index contributed by atoms with van der Waals surface area (Å²) in [6.45, 7) is 3.81. The van der Waals surface area contributed by atoms with Gasteiger partial charge in [0.1, 0.15) is 0 Å². The molecule has 2 N–H and O–H groups in total. The molecule has 3 aliphatic heterocycles. The van der Waals surface area contributed by atoms with Crippen molar-refractivity contribution in [2.75, 3.05) is 46.1 Å². The Bertz CT molecular complexity index is 287. The first-order chi connectivity index (χ1) is 9.25. The van der Waals surface area contributed by atoms with E-state index in [1.54, 1.807) is 0 Å². The molecule has 3 atom stereocenters. The summed E-state index contributed by atoms with van der Waals surface area (Å²) < 4.78 is 16.0. The molecule has 0 aliphatic carbocycles. The summed E-state index contributed by atoms with van der Waals surface area (Å²) in [5.41, 5.74) is -0.350. The minimum atomic E-state index is -0.350. The van der Waals surface area contributed by atoms with E-state index in [4.69, 9.17) is 14.2 Å². The molecule has 0 radical (unpaired) electrons. The zero-order valence-electron chi connectivity index (χ0n) is 11.2. The van der Waals surface area contributed by atoms with E-state index in [0.717, 1.165) is 39.2 Å². The number of hydrogen-bond donors (Lipinski definition) is 2. The third-order valence-electron chi connectivity index (χ3n) is 4.18. The number of nitrogens with zero attached hydrogens (tertiary/aromatic N) is 1. The average molecular weight is 273 g/mol. The summed E-state index contributed by atoms with van der Waals surface area (Å²) in [6, 6.07) is 0. The van der Waals surface area contributed by atoms with Gasteiger partial charge in [-0.15, -0.1) is 0 Å². The fourth-order valence-corrected chi connectivity index (χ4v) is 2.85. The Morgan fingerprint density at radius 2 is 1.47 bits per heavy atom. The van der Waals surface area contributed by atoms with Gasteiger partial charge in [-0.05, 0) is 12.8 Å². The third kappa shape index (κ3) is 3.65. The molecule has 3 heterocycles. The normalized spacial score (nSPS) is 35.2. The van der Waals surface area contributed by atoms with Crippen molar-refractivity contribution in [3.8, 4) is 0 Å². The monoisotopic (exact) mass is 273 g/mol. The lowest BCUT2D eigenvalue weighted by Gasteiger charge is -2.42. The molecule has 0 aromatic carbocycles. The molecule has 0 spiro atoms. The molecule has 0 amide bonds. The van der Waals surface area contributed by atoms with Gasteiger partial charge in [-0.3, -0.25) is 4.90 Å². The van der Waals surface area contributed by atoms with Gasteiger partial charge < -0.3 is 24.4 Å². The van der Waals surface area contributed by atoms with Crippen LogP contribution in [0.4, 0.5) is 0 Å². The first kappa shape index (κ1) is 13.7. The van der Waals surface area contributed by atoms with E-state index < -0.39 is 0 Å². The number of hydrogen-bond acceptors (Lipinski definition) is 6. The van der Waals surface area contributed by atoms with E-state index in [-0.39, 0.29) is 37.1 Å². The molecule has 0 aromatic heterocycles. The van der Waals surface area contributed by atoms with E-state index in [1.165, 1.54) is 0 Å². The molecule has 3 aliphatic rings. The van der Waals surface area contributed by atoms with Crippen LogP contribution in [0.2, 0.25) is 0 Å². The van der Waals surface area contributed by atoms with E-state index >= 15 is 0 Å². The van der Waals surface area contributed by atoms with Crippen LogP contribution in [0, 0.1) is 0 Å². The molecule has 0 bridgehead atoms. The predicted molar refractivity (Wildman–Crippen MR) is 66.9 cm³/mol. The zero-order valence-corrected chi connectivity index (χ0v) is 11.2. The number of aliphatic hydroxyl groups is 2. The molecule has 0 aromatic rings.